The number of nitrogens with zero attached hydrogens (tertiary/aromatic N) is 4. The summed E-state index contributed by atoms with van der Waals surface area (Å²) in [7, 11) is 1.58. The van der Waals surface area contributed by atoms with Crippen molar-refractivity contribution < 1.29 is 9.53 Å². The maximum Gasteiger partial charge on any atom is 0.272 e. The first-order valence-corrected chi connectivity index (χ1v) is 8.22. The Balaban J connectivity index is 2.07. The molecule has 0 aliphatic rings. The first-order valence-electron chi connectivity index (χ1n) is 8.22. The van der Waals surface area contributed by atoms with Crippen LogP contribution < -0.4 is 10.1 Å². The van der Waals surface area contributed by atoms with Crippen LogP contribution in [0.4, 0.5) is 0 Å². The number of rotatable bonds is 4. The van der Waals surface area contributed by atoms with Gasteiger partial charge in [0.25, 0.3) is 5.91 Å². The molecule has 0 aliphatic carbocycles. The van der Waals surface area contributed by atoms with Crippen LogP contribution in [0.1, 0.15) is 31.3 Å². The molecular formula is C19H21N5O2. The molecular weight excluding hydrogens is 330 g/mol. The molecule has 3 aromatic rings. The van der Waals surface area contributed by atoms with E-state index in [1.54, 1.807) is 42.4 Å². The van der Waals surface area contributed by atoms with E-state index in [0.717, 1.165) is 0 Å². The average Bonchev–Trinajstić information content (AvgIpc) is 3.07. The highest BCUT2D eigenvalue weighted by atomic mass is 16.5. The van der Waals surface area contributed by atoms with Crippen molar-refractivity contribution >= 4 is 5.91 Å². The minimum absolute atomic E-state index is 0.248. The lowest BCUT2D eigenvalue weighted by atomic mass is 10.1. The molecule has 26 heavy (non-hydrogen) atoms. The third-order valence-electron chi connectivity index (χ3n) is 3.53. The zero-order valence-corrected chi connectivity index (χ0v) is 15.2. The minimum atomic E-state index is -0.357. The standard InChI is InChI=1S/C19H21N5O2/c1-19(2,3)22-18(25)15-11-16(14-7-5-6-10-20-14)24(23-15)17-9-8-13(26-4)12-21-17/h5-12H,1-4H3,(H,22,25). The zero-order valence-electron chi connectivity index (χ0n) is 15.2. The molecule has 0 saturated carbocycles. The molecule has 0 radical (unpaired) electrons. The molecule has 0 aliphatic heterocycles. The molecule has 0 unspecified atom stereocenters. The third kappa shape index (κ3) is 3.88. The summed E-state index contributed by atoms with van der Waals surface area (Å²) < 4.78 is 6.76. The Hall–Kier alpha value is -3.22. The predicted octanol–water partition coefficient (Wildman–Crippen LogP) is 2.87. The van der Waals surface area contributed by atoms with E-state index in [1.807, 2.05) is 39.0 Å². The van der Waals surface area contributed by atoms with Gasteiger partial charge in [-0.05, 0) is 51.1 Å². The van der Waals surface area contributed by atoms with E-state index in [-0.39, 0.29) is 11.4 Å². The topological polar surface area (TPSA) is 81.9 Å². The zero-order chi connectivity index (χ0) is 18.7. The smallest absolute Gasteiger partial charge is 0.272 e. The summed E-state index contributed by atoms with van der Waals surface area (Å²) in [5.74, 6) is 0.967. The number of methoxy groups -OCH3 is 1. The van der Waals surface area contributed by atoms with Crippen LogP contribution in [0.15, 0.2) is 48.8 Å². The van der Waals surface area contributed by atoms with Crippen LogP contribution in [-0.2, 0) is 0 Å². The number of carbonyl (C=O) groups is 1. The highest BCUT2D eigenvalue weighted by Gasteiger charge is 2.21. The Kier molecular flexibility index (Phi) is 4.71. The molecule has 0 saturated heterocycles. The van der Waals surface area contributed by atoms with E-state index in [0.29, 0.717) is 28.6 Å². The number of nitrogens with one attached hydrogen (secondary N) is 1. The average molecular weight is 351 g/mol. The molecule has 3 rings (SSSR count). The van der Waals surface area contributed by atoms with Crippen molar-refractivity contribution in [3.8, 4) is 23.0 Å². The van der Waals surface area contributed by atoms with E-state index >= 15 is 0 Å². The summed E-state index contributed by atoms with van der Waals surface area (Å²) in [6, 6.07) is 10.9. The summed E-state index contributed by atoms with van der Waals surface area (Å²) in [5.41, 5.74) is 1.33. The lowest BCUT2D eigenvalue weighted by Gasteiger charge is -2.19. The second-order valence-corrected chi connectivity index (χ2v) is 6.80. The number of ether oxygens (including phenoxy) is 1. The van der Waals surface area contributed by atoms with Crippen LogP contribution >= 0.6 is 0 Å². The van der Waals surface area contributed by atoms with Crippen molar-refractivity contribution in [2.24, 2.45) is 0 Å². The van der Waals surface area contributed by atoms with Gasteiger partial charge >= 0.3 is 0 Å². The number of hydrogen-bond donors (Lipinski definition) is 1. The van der Waals surface area contributed by atoms with Gasteiger partial charge in [-0.25, -0.2) is 9.67 Å². The normalized spacial score (nSPS) is 11.2. The van der Waals surface area contributed by atoms with Crippen molar-refractivity contribution in [1.82, 2.24) is 25.1 Å². The van der Waals surface area contributed by atoms with E-state index in [2.05, 4.69) is 20.4 Å². The first kappa shape index (κ1) is 17.6. The molecule has 134 valence electrons. The van der Waals surface area contributed by atoms with E-state index in [4.69, 9.17) is 4.74 Å². The number of carbonyl (C=O) groups excluding carboxylic acids is 1. The van der Waals surface area contributed by atoms with Crippen LogP contribution in [0.2, 0.25) is 0 Å². The third-order valence-corrected chi connectivity index (χ3v) is 3.53. The SMILES string of the molecule is COc1ccc(-n2nc(C(=O)NC(C)(C)C)cc2-c2ccccn2)nc1. The fraction of sp³-hybridized carbons (Fsp3) is 0.263. The number of amides is 1. The first-order chi connectivity index (χ1) is 12.4. The highest BCUT2D eigenvalue weighted by Crippen LogP contribution is 2.22. The van der Waals surface area contributed by atoms with Crippen LogP contribution in [0.5, 0.6) is 5.75 Å². The van der Waals surface area contributed by atoms with Crippen LogP contribution in [0.3, 0.4) is 0 Å². The quantitative estimate of drug-likeness (QED) is 0.781. The van der Waals surface area contributed by atoms with E-state index in [1.165, 1.54) is 0 Å². The number of pyridine rings is 2. The molecule has 0 spiro atoms. The van der Waals surface area contributed by atoms with Crippen LogP contribution in [0.25, 0.3) is 17.2 Å². The summed E-state index contributed by atoms with van der Waals surface area (Å²) in [6.07, 6.45) is 3.30. The molecule has 1 amide bonds. The van der Waals surface area contributed by atoms with Gasteiger partial charge in [-0.3, -0.25) is 9.78 Å². The lowest BCUT2D eigenvalue weighted by molar-refractivity contribution is 0.0914. The summed E-state index contributed by atoms with van der Waals surface area (Å²) >= 11 is 0. The second kappa shape index (κ2) is 6.95. The summed E-state index contributed by atoms with van der Waals surface area (Å²) in [4.78, 5) is 21.3. The molecule has 0 bridgehead atoms. The van der Waals surface area contributed by atoms with Crippen molar-refractivity contribution in [2.45, 2.75) is 26.3 Å². The van der Waals surface area contributed by atoms with Crippen molar-refractivity contribution in [1.29, 1.82) is 0 Å². The van der Waals surface area contributed by atoms with Crippen molar-refractivity contribution in [3.05, 3.63) is 54.5 Å². The molecule has 0 aromatic carbocycles. The van der Waals surface area contributed by atoms with E-state index in [9.17, 15) is 4.79 Å². The van der Waals surface area contributed by atoms with Gasteiger partial charge in [-0.2, -0.15) is 5.10 Å². The van der Waals surface area contributed by atoms with Gasteiger partial charge < -0.3 is 10.1 Å². The summed E-state index contributed by atoms with van der Waals surface area (Å²) in [6.45, 7) is 5.77. The van der Waals surface area contributed by atoms with Gasteiger partial charge in [0.2, 0.25) is 0 Å². The lowest BCUT2D eigenvalue weighted by Crippen LogP contribution is -2.40. The van der Waals surface area contributed by atoms with Crippen molar-refractivity contribution in [2.75, 3.05) is 7.11 Å². The molecule has 7 heteroatoms. The molecule has 0 atom stereocenters. The van der Waals surface area contributed by atoms with Crippen molar-refractivity contribution in [3.63, 3.8) is 0 Å². The van der Waals surface area contributed by atoms with Gasteiger partial charge in [0.05, 0.1) is 24.7 Å². The predicted molar refractivity (Wildman–Crippen MR) is 98.4 cm³/mol. The Morgan fingerprint density at radius 1 is 1.15 bits per heavy atom. The van der Waals surface area contributed by atoms with Gasteiger partial charge in [0, 0.05) is 11.7 Å². The minimum Gasteiger partial charge on any atom is -0.495 e. The number of hydrogen-bond acceptors (Lipinski definition) is 5. The van der Waals surface area contributed by atoms with Gasteiger partial charge in [0.1, 0.15) is 5.75 Å². The van der Waals surface area contributed by atoms with Crippen LogP contribution in [0, 0.1) is 0 Å². The highest BCUT2D eigenvalue weighted by molar-refractivity contribution is 5.93. The van der Waals surface area contributed by atoms with Crippen LogP contribution in [-0.4, -0.2) is 38.3 Å². The molecule has 0 fully saturated rings. The summed E-state index contributed by atoms with van der Waals surface area (Å²) in [5, 5.41) is 7.38. The molecule has 3 aromatic heterocycles. The monoisotopic (exact) mass is 351 g/mol. The Morgan fingerprint density at radius 3 is 2.54 bits per heavy atom. The Morgan fingerprint density at radius 2 is 1.96 bits per heavy atom. The van der Waals surface area contributed by atoms with Gasteiger partial charge in [-0.15, -0.1) is 0 Å². The molecule has 3 heterocycles. The Bertz CT molecular complexity index is 896. The fourth-order valence-corrected chi connectivity index (χ4v) is 2.39. The molecule has 7 nitrogen and oxygen atoms in total. The van der Waals surface area contributed by atoms with E-state index < -0.39 is 0 Å². The van der Waals surface area contributed by atoms with Gasteiger partial charge in [-0.1, -0.05) is 6.07 Å². The van der Waals surface area contributed by atoms with Gasteiger partial charge in [0.15, 0.2) is 11.5 Å². The maximum absolute atomic E-state index is 12.5. The molecule has 1 N–H and O–H groups in total. The maximum atomic E-state index is 12.5. The largest absolute Gasteiger partial charge is 0.495 e. The Labute approximate surface area is 152 Å². The number of aromatic nitrogens is 4. The fourth-order valence-electron chi connectivity index (χ4n) is 2.39. The second-order valence-electron chi connectivity index (χ2n) is 6.80.